The number of benzene rings is 1. The van der Waals surface area contributed by atoms with Crippen LogP contribution in [0, 0.1) is 5.92 Å². The molecule has 1 fully saturated rings. The lowest BCUT2D eigenvalue weighted by molar-refractivity contribution is -0.117. The molecule has 1 saturated carbocycles. The molecule has 4 heteroatoms. The number of aromatic amines is 1. The third-order valence-corrected chi connectivity index (χ3v) is 3.09. The largest absolute Gasteiger partial charge is 0.331 e. The summed E-state index contributed by atoms with van der Waals surface area (Å²) < 4.78 is 0. The first kappa shape index (κ1) is 10.1. The van der Waals surface area contributed by atoms with E-state index in [2.05, 4.69) is 27.4 Å². The zero-order chi connectivity index (χ0) is 11.7. The highest BCUT2D eigenvalue weighted by atomic mass is 16.2. The Bertz CT molecular complexity index is 507. The number of anilines is 1. The minimum atomic E-state index is 0.0498. The summed E-state index contributed by atoms with van der Waals surface area (Å²) in [6, 6.07) is 10.2. The maximum atomic E-state index is 11.9. The molecule has 4 nitrogen and oxygen atoms in total. The number of aromatic nitrogens is 2. The first-order chi connectivity index (χ1) is 8.34. The quantitative estimate of drug-likeness (QED) is 0.844. The van der Waals surface area contributed by atoms with Crippen LogP contribution in [0.25, 0.3) is 0 Å². The van der Waals surface area contributed by atoms with Gasteiger partial charge >= 0.3 is 0 Å². The highest BCUT2D eigenvalue weighted by Gasteiger charge is 2.43. The Morgan fingerprint density at radius 2 is 2.18 bits per heavy atom. The topological polar surface area (TPSA) is 57.8 Å². The van der Waals surface area contributed by atoms with Crippen molar-refractivity contribution in [2.45, 2.75) is 12.3 Å². The maximum Gasteiger partial charge on any atom is 0.230 e. The van der Waals surface area contributed by atoms with E-state index in [1.807, 2.05) is 18.2 Å². The average Bonchev–Trinajstić information content (AvgIpc) is 3.02. The van der Waals surface area contributed by atoms with Crippen LogP contribution in [0.4, 0.5) is 5.95 Å². The van der Waals surface area contributed by atoms with Gasteiger partial charge in [-0.25, -0.2) is 4.98 Å². The Balaban J connectivity index is 1.63. The lowest BCUT2D eigenvalue weighted by Gasteiger charge is -2.01. The molecule has 1 aliphatic rings. The third-order valence-electron chi connectivity index (χ3n) is 3.09. The van der Waals surface area contributed by atoms with Crippen LogP contribution in [0.5, 0.6) is 0 Å². The summed E-state index contributed by atoms with van der Waals surface area (Å²) in [6.45, 7) is 0. The molecule has 0 radical (unpaired) electrons. The Morgan fingerprint density at radius 3 is 2.88 bits per heavy atom. The number of hydrogen-bond acceptors (Lipinski definition) is 2. The molecule has 1 aromatic heterocycles. The van der Waals surface area contributed by atoms with Crippen molar-refractivity contribution in [2.75, 3.05) is 5.32 Å². The zero-order valence-corrected chi connectivity index (χ0v) is 9.26. The smallest absolute Gasteiger partial charge is 0.230 e. The van der Waals surface area contributed by atoms with E-state index in [0.717, 1.165) is 6.42 Å². The maximum absolute atomic E-state index is 11.9. The zero-order valence-electron chi connectivity index (χ0n) is 9.26. The van der Waals surface area contributed by atoms with Crippen LogP contribution in [0.3, 0.4) is 0 Å². The van der Waals surface area contributed by atoms with Crippen molar-refractivity contribution in [3.63, 3.8) is 0 Å². The van der Waals surface area contributed by atoms with Crippen LogP contribution in [0.1, 0.15) is 17.9 Å². The molecule has 3 rings (SSSR count). The van der Waals surface area contributed by atoms with Crippen LogP contribution >= 0.6 is 0 Å². The fourth-order valence-electron chi connectivity index (χ4n) is 2.10. The normalized spacial score (nSPS) is 22.1. The van der Waals surface area contributed by atoms with Gasteiger partial charge in [-0.3, -0.25) is 10.1 Å². The molecule has 2 unspecified atom stereocenters. The molecule has 2 aromatic rings. The Hall–Kier alpha value is -2.10. The van der Waals surface area contributed by atoms with Crippen LogP contribution in [0.15, 0.2) is 42.7 Å². The Morgan fingerprint density at radius 1 is 1.35 bits per heavy atom. The molecule has 1 amide bonds. The van der Waals surface area contributed by atoms with Crippen molar-refractivity contribution in [2.24, 2.45) is 5.92 Å². The van der Waals surface area contributed by atoms with E-state index in [1.165, 1.54) is 5.56 Å². The van der Waals surface area contributed by atoms with Crippen molar-refractivity contribution >= 4 is 11.9 Å². The molecular weight excluding hydrogens is 214 g/mol. The number of nitrogens with one attached hydrogen (secondary N) is 2. The molecule has 2 N–H and O–H groups in total. The van der Waals surface area contributed by atoms with Crippen molar-refractivity contribution in [3.05, 3.63) is 48.3 Å². The number of carbonyl (C=O) groups excluding carboxylic acids is 1. The van der Waals surface area contributed by atoms with Gasteiger partial charge in [0.25, 0.3) is 0 Å². The van der Waals surface area contributed by atoms with E-state index in [9.17, 15) is 4.79 Å². The molecule has 1 aliphatic carbocycles. The molecule has 17 heavy (non-hydrogen) atoms. The lowest BCUT2D eigenvalue weighted by Crippen LogP contribution is -2.15. The van der Waals surface area contributed by atoms with Gasteiger partial charge in [0.15, 0.2) is 0 Å². The Labute approximate surface area is 99.1 Å². The first-order valence-corrected chi connectivity index (χ1v) is 5.70. The molecule has 0 bridgehead atoms. The minimum absolute atomic E-state index is 0.0498. The predicted molar refractivity (Wildman–Crippen MR) is 64.5 cm³/mol. The summed E-state index contributed by atoms with van der Waals surface area (Å²) in [5.74, 6) is 1.02. The van der Waals surface area contributed by atoms with Gasteiger partial charge in [0.05, 0.1) is 0 Å². The van der Waals surface area contributed by atoms with Gasteiger partial charge in [-0.1, -0.05) is 30.3 Å². The van der Waals surface area contributed by atoms with Gasteiger partial charge in [-0.2, -0.15) is 0 Å². The molecule has 1 heterocycles. The number of imidazole rings is 1. The van der Waals surface area contributed by atoms with Crippen LogP contribution < -0.4 is 5.32 Å². The summed E-state index contributed by atoms with van der Waals surface area (Å²) in [5.41, 5.74) is 1.24. The first-order valence-electron chi connectivity index (χ1n) is 5.70. The number of carbonyl (C=O) groups is 1. The van der Waals surface area contributed by atoms with Crippen molar-refractivity contribution in [1.29, 1.82) is 0 Å². The van der Waals surface area contributed by atoms with Gasteiger partial charge in [-0.15, -0.1) is 0 Å². The van der Waals surface area contributed by atoms with Crippen LogP contribution in [0.2, 0.25) is 0 Å². The highest BCUT2D eigenvalue weighted by molar-refractivity contribution is 5.93. The second kappa shape index (κ2) is 4.05. The number of hydrogen-bond donors (Lipinski definition) is 2. The molecular formula is C13H13N3O. The summed E-state index contributed by atoms with van der Waals surface area (Å²) in [4.78, 5) is 18.7. The van der Waals surface area contributed by atoms with E-state index in [0.29, 0.717) is 11.9 Å². The van der Waals surface area contributed by atoms with E-state index < -0.39 is 0 Å². The van der Waals surface area contributed by atoms with E-state index in [4.69, 9.17) is 0 Å². The summed E-state index contributed by atoms with van der Waals surface area (Å²) in [7, 11) is 0. The number of nitrogens with zero attached hydrogens (tertiary/aromatic N) is 1. The summed E-state index contributed by atoms with van der Waals surface area (Å²) in [6.07, 6.45) is 4.24. The molecule has 0 saturated heterocycles. The van der Waals surface area contributed by atoms with E-state index in [1.54, 1.807) is 12.4 Å². The van der Waals surface area contributed by atoms with Crippen molar-refractivity contribution in [1.82, 2.24) is 9.97 Å². The number of rotatable bonds is 3. The summed E-state index contributed by atoms with van der Waals surface area (Å²) in [5, 5.41) is 2.78. The van der Waals surface area contributed by atoms with Gasteiger partial charge in [0.2, 0.25) is 11.9 Å². The second-order valence-corrected chi connectivity index (χ2v) is 4.29. The SMILES string of the molecule is O=C(Nc1ncc[nH]1)C1CC1c1ccccc1. The van der Waals surface area contributed by atoms with Gasteiger partial charge in [-0.05, 0) is 17.9 Å². The lowest BCUT2D eigenvalue weighted by atomic mass is 10.1. The van der Waals surface area contributed by atoms with Crippen molar-refractivity contribution < 1.29 is 4.79 Å². The number of H-pyrrole nitrogens is 1. The minimum Gasteiger partial charge on any atom is -0.331 e. The van der Waals surface area contributed by atoms with Crippen LogP contribution in [-0.2, 0) is 4.79 Å². The summed E-state index contributed by atoms with van der Waals surface area (Å²) >= 11 is 0. The van der Waals surface area contributed by atoms with Gasteiger partial charge in [0.1, 0.15) is 0 Å². The van der Waals surface area contributed by atoms with Gasteiger partial charge < -0.3 is 4.98 Å². The molecule has 2 atom stereocenters. The van der Waals surface area contributed by atoms with Crippen LogP contribution in [-0.4, -0.2) is 15.9 Å². The molecule has 86 valence electrons. The highest BCUT2D eigenvalue weighted by Crippen LogP contribution is 2.47. The fourth-order valence-corrected chi connectivity index (χ4v) is 2.10. The Kier molecular flexibility index (Phi) is 2.40. The molecule has 0 spiro atoms. The van der Waals surface area contributed by atoms with Crippen molar-refractivity contribution in [3.8, 4) is 0 Å². The molecule has 0 aliphatic heterocycles. The second-order valence-electron chi connectivity index (χ2n) is 4.29. The fraction of sp³-hybridized carbons (Fsp3) is 0.231. The van der Waals surface area contributed by atoms with E-state index in [-0.39, 0.29) is 11.8 Å². The average molecular weight is 227 g/mol. The van der Waals surface area contributed by atoms with Gasteiger partial charge in [0, 0.05) is 18.3 Å². The predicted octanol–water partition coefficient (Wildman–Crippen LogP) is 2.15. The third kappa shape index (κ3) is 2.06. The standard InChI is InChI=1S/C13H13N3O/c17-12(16-13-14-6-7-15-13)11-8-10(11)9-4-2-1-3-5-9/h1-7,10-11H,8H2,(H2,14,15,16,17). The van der Waals surface area contributed by atoms with E-state index >= 15 is 0 Å². The number of amides is 1. The monoisotopic (exact) mass is 227 g/mol. The molecule has 1 aromatic carbocycles.